The molecule has 2 atom stereocenters. The third-order valence-corrected chi connectivity index (χ3v) is 6.97. The van der Waals surface area contributed by atoms with Crippen molar-refractivity contribution in [3.8, 4) is 11.5 Å². The number of β-amino-alcohol motifs (C(OH)–C–C–N with tert-alkyl or cyclic N) is 1. The maximum Gasteiger partial charge on any atom is 0.338 e. The van der Waals surface area contributed by atoms with Gasteiger partial charge in [-0.05, 0) is 56.3 Å². The molecule has 1 aliphatic heterocycles. The SMILES string of the molecule is Cc1ccc(Oc2ccc(S(=O)(=O)C3CCNCC3(O)C(=O)O)cc2)cc1. The van der Waals surface area contributed by atoms with E-state index in [1.54, 1.807) is 0 Å². The van der Waals surface area contributed by atoms with Crippen LogP contribution >= 0.6 is 0 Å². The third-order valence-electron chi connectivity index (χ3n) is 4.66. The Labute approximate surface area is 157 Å². The Morgan fingerprint density at radius 1 is 1.11 bits per heavy atom. The second-order valence-electron chi connectivity index (χ2n) is 6.62. The van der Waals surface area contributed by atoms with Crippen LogP contribution in [0.4, 0.5) is 0 Å². The fraction of sp³-hybridized carbons (Fsp3) is 0.316. The largest absolute Gasteiger partial charge is 0.479 e. The van der Waals surface area contributed by atoms with E-state index in [4.69, 9.17) is 4.74 Å². The molecular weight excluding hydrogens is 370 g/mol. The number of piperidine rings is 1. The molecule has 144 valence electrons. The van der Waals surface area contributed by atoms with Gasteiger partial charge in [-0.3, -0.25) is 0 Å². The highest BCUT2D eigenvalue weighted by Gasteiger charge is 2.52. The van der Waals surface area contributed by atoms with Gasteiger partial charge in [-0.15, -0.1) is 0 Å². The van der Waals surface area contributed by atoms with E-state index in [2.05, 4.69) is 5.32 Å². The van der Waals surface area contributed by atoms with Crippen molar-refractivity contribution in [1.29, 1.82) is 0 Å². The summed E-state index contributed by atoms with van der Waals surface area (Å²) < 4.78 is 31.5. The number of aliphatic carboxylic acids is 1. The molecule has 0 amide bonds. The first-order chi connectivity index (χ1) is 12.7. The number of carboxylic acid groups (broad SMARTS) is 1. The average molecular weight is 391 g/mol. The fourth-order valence-electron chi connectivity index (χ4n) is 3.09. The summed E-state index contributed by atoms with van der Waals surface area (Å²) >= 11 is 0. The Hall–Kier alpha value is -2.42. The van der Waals surface area contributed by atoms with Gasteiger partial charge in [0.05, 0.1) is 4.90 Å². The molecule has 3 rings (SSSR count). The molecular formula is C19H21NO6S. The molecule has 3 N–H and O–H groups in total. The predicted octanol–water partition coefficient (Wildman–Crippen LogP) is 1.74. The summed E-state index contributed by atoms with van der Waals surface area (Å²) in [7, 11) is -4.04. The van der Waals surface area contributed by atoms with Crippen molar-refractivity contribution in [2.24, 2.45) is 0 Å². The summed E-state index contributed by atoms with van der Waals surface area (Å²) in [5.41, 5.74) is -1.27. The van der Waals surface area contributed by atoms with Gasteiger partial charge in [0.25, 0.3) is 0 Å². The van der Waals surface area contributed by atoms with Gasteiger partial charge in [0.2, 0.25) is 0 Å². The summed E-state index contributed by atoms with van der Waals surface area (Å²) in [4.78, 5) is 11.4. The highest BCUT2D eigenvalue weighted by molar-refractivity contribution is 7.92. The van der Waals surface area contributed by atoms with E-state index in [9.17, 15) is 23.4 Å². The zero-order chi connectivity index (χ0) is 19.7. The minimum atomic E-state index is -4.04. The third kappa shape index (κ3) is 3.83. The van der Waals surface area contributed by atoms with Crippen molar-refractivity contribution in [3.05, 3.63) is 54.1 Å². The van der Waals surface area contributed by atoms with Crippen LogP contribution in [0.1, 0.15) is 12.0 Å². The maximum atomic E-state index is 12.9. The van der Waals surface area contributed by atoms with Crippen LogP contribution in [-0.2, 0) is 14.6 Å². The molecule has 1 saturated heterocycles. The van der Waals surface area contributed by atoms with Gasteiger partial charge in [-0.1, -0.05) is 17.7 Å². The number of carboxylic acids is 1. The molecule has 7 nitrogen and oxygen atoms in total. The van der Waals surface area contributed by atoms with Crippen LogP contribution in [0.3, 0.4) is 0 Å². The van der Waals surface area contributed by atoms with Crippen molar-refractivity contribution in [2.75, 3.05) is 13.1 Å². The first kappa shape index (κ1) is 19.3. The van der Waals surface area contributed by atoms with Crippen LogP contribution in [0.5, 0.6) is 11.5 Å². The number of ether oxygens (including phenoxy) is 1. The summed E-state index contributed by atoms with van der Waals surface area (Å²) in [6.07, 6.45) is 0.00670. The number of aliphatic hydroxyl groups is 1. The monoisotopic (exact) mass is 391 g/mol. The minimum Gasteiger partial charge on any atom is -0.479 e. The summed E-state index contributed by atoms with van der Waals surface area (Å²) in [5, 5.41) is 21.1. The van der Waals surface area contributed by atoms with E-state index in [0.717, 1.165) is 5.56 Å². The van der Waals surface area contributed by atoms with Gasteiger partial charge in [0.15, 0.2) is 15.4 Å². The van der Waals surface area contributed by atoms with Gasteiger partial charge >= 0.3 is 5.97 Å². The Morgan fingerprint density at radius 3 is 2.22 bits per heavy atom. The quantitative estimate of drug-likeness (QED) is 0.711. The molecule has 8 heteroatoms. The lowest BCUT2D eigenvalue weighted by Gasteiger charge is -2.36. The van der Waals surface area contributed by atoms with E-state index < -0.39 is 26.7 Å². The summed E-state index contributed by atoms with van der Waals surface area (Å²) in [5.74, 6) is -0.478. The molecule has 0 aliphatic carbocycles. The summed E-state index contributed by atoms with van der Waals surface area (Å²) in [6, 6.07) is 13.2. The van der Waals surface area contributed by atoms with Crippen molar-refractivity contribution < 1.29 is 28.2 Å². The highest BCUT2D eigenvalue weighted by Crippen LogP contribution is 2.31. The number of aryl methyl sites for hydroxylation is 1. The van der Waals surface area contributed by atoms with Gasteiger partial charge in [0, 0.05) is 6.54 Å². The molecule has 2 aromatic rings. The van der Waals surface area contributed by atoms with Crippen molar-refractivity contribution in [2.45, 2.75) is 29.1 Å². The Kier molecular flexibility index (Phi) is 5.23. The van der Waals surface area contributed by atoms with E-state index in [1.165, 1.54) is 24.3 Å². The molecule has 0 bridgehead atoms. The maximum absolute atomic E-state index is 12.9. The van der Waals surface area contributed by atoms with Crippen molar-refractivity contribution >= 4 is 15.8 Å². The topological polar surface area (TPSA) is 113 Å². The predicted molar refractivity (Wildman–Crippen MR) is 98.7 cm³/mol. The molecule has 0 spiro atoms. The van der Waals surface area contributed by atoms with Gasteiger partial charge in [0.1, 0.15) is 16.7 Å². The molecule has 2 aromatic carbocycles. The van der Waals surface area contributed by atoms with E-state index >= 15 is 0 Å². The van der Waals surface area contributed by atoms with Crippen molar-refractivity contribution in [3.63, 3.8) is 0 Å². The molecule has 27 heavy (non-hydrogen) atoms. The number of sulfone groups is 1. The van der Waals surface area contributed by atoms with Crippen LogP contribution in [0.15, 0.2) is 53.4 Å². The molecule has 0 saturated carbocycles. The number of hydrogen-bond donors (Lipinski definition) is 3. The van der Waals surface area contributed by atoms with Crippen LogP contribution < -0.4 is 10.1 Å². The Balaban J connectivity index is 1.84. The molecule has 0 aromatic heterocycles. The normalized spacial score (nSPS) is 23.0. The lowest BCUT2D eigenvalue weighted by molar-refractivity contribution is -0.159. The van der Waals surface area contributed by atoms with E-state index in [-0.39, 0.29) is 17.9 Å². The number of hydrogen-bond acceptors (Lipinski definition) is 6. The molecule has 1 fully saturated rings. The number of nitrogens with one attached hydrogen (secondary N) is 1. The van der Waals surface area contributed by atoms with Crippen LogP contribution in [0, 0.1) is 6.92 Å². The second-order valence-corrected chi connectivity index (χ2v) is 8.75. The van der Waals surface area contributed by atoms with Gasteiger partial charge < -0.3 is 20.3 Å². The Bertz CT molecular complexity index is 924. The van der Waals surface area contributed by atoms with E-state index in [0.29, 0.717) is 18.0 Å². The number of carbonyl (C=O) groups is 1. The van der Waals surface area contributed by atoms with Crippen LogP contribution in [0.2, 0.25) is 0 Å². The summed E-state index contributed by atoms with van der Waals surface area (Å²) in [6.45, 7) is 1.96. The zero-order valence-electron chi connectivity index (χ0n) is 14.8. The minimum absolute atomic E-state index is 0.00670. The lowest BCUT2D eigenvalue weighted by atomic mass is 9.94. The Morgan fingerprint density at radius 2 is 1.67 bits per heavy atom. The fourth-order valence-corrected chi connectivity index (χ4v) is 5.06. The van der Waals surface area contributed by atoms with Gasteiger partial charge in [-0.25, -0.2) is 13.2 Å². The lowest BCUT2D eigenvalue weighted by Crippen LogP contribution is -2.62. The molecule has 1 aliphatic rings. The molecule has 1 heterocycles. The van der Waals surface area contributed by atoms with E-state index in [1.807, 2.05) is 31.2 Å². The number of benzene rings is 2. The average Bonchev–Trinajstić information content (AvgIpc) is 2.64. The standard InChI is InChI=1S/C19H21NO6S/c1-13-2-4-14(5-3-13)26-15-6-8-16(9-7-15)27(24,25)17-10-11-20-12-19(17,23)18(21)22/h2-9,17,20,23H,10-12H2,1H3,(H,21,22). The highest BCUT2D eigenvalue weighted by atomic mass is 32.2. The van der Waals surface area contributed by atoms with Crippen LogP contribution in [0.25, 0.3) is 0 Å². The number of rotatable bonds is 5. The first-order valence-electron chi connectivity index (χ1n) is 8.48. The molecule has 0 radical (unpaired) electrons. The smallest absolute Gasteiger partial charge is 0.338 e. The van der Waals surface area contributed by atoms with Crippen LogP contribution in [-0.4, -0.2) is 48.5 Å². The molecule has 2 unspecified atom stereocenters. The second kappa shape index (κ2) is 7.30. The van der Waals surface area contributed by atoms with Crippen molar-refractivity contribution in [1.82, 2.24) is 5.32 Å². The zero-order valence-corrected chi connectivity index (χ0v) is 15.6. The van der Waals surface area contributed by atoms with Gasteiger partial charge in [-0.2, -0.15) is 0 Å². The first-order valence-corrected chi connectivity index (χ1v) is 10.0.